The van der Waals surface area contributed by atoms with Crippen molar-refractivity contribution in [2.45, 2.75) is 45.1 Å². The first-order valence-corrected chi connectivity index (χ1v) is 14.9. The van der Waals surface area contributed by atoms with Gasteiger partial charge in [0.05, 0.1) is 0 Å². The Morgan fingerprint density at radius 2 is 1.83 bits per heavy atom. The van der Waals surface area contributed by atoms with Crippen molar-refractivity contribution >= 4 is 34.0 Å². The first-order valence-electron chi connectivity index (χ1n) is 14.9. The Labute approximate surface area is 245 Å². The monoisotopic (exact) mass is 568 g/mol. The number of piperidine rings is 1. The maximum atomic E-state index is 14.5. The SMILES string of the molecule is CCN1CCCC1CNc1nccc(Oc2ccc(NC(=O)c3cc(F)cc(N4CCCCC4)c3)c3ccccc23)n1. The lowest BCUT2D eigenvalue weighted by molar-refractivity contribution is 0.102. The molecule has 8 nitrogen and oxygen atoms in total. The third kappa shape index (κ3) is 6.31. The fourth-order valence-corrected chi connectivity index (χ4v) is 6.05. The molecular weight excluding hydrogens is 531 g/mol. The summed E-state index contributed by atoms with van der Waals surface area (Å²) in [5.41, 5.74) is 1.66. The Bertz CT molecular complexity index is 1560. The largest absolute Gasteiger partial charge is 0.438 e. The van der Waals surface area contributed by atoms with Crippen LogP contribution in [0.1, 0.15) is 49.4 Å². The Morgan fingerprint density at radius 3 is 2.67 bits per heavy atom. The number of likely N-dealkylation sites (N-methyl/N-ethyl adjacent to an activating group) is 1. The van der Waals surface area contributed by atoms with Gasteiger partial charge in [-0.05, 0) is 75.5 Å². The van der Waals surface area contributed by atoms with Gasteiger partial charge in [0.25, 0.3) is 5.91 Å². The van der Waals surface area contributed by atoms with E-state index in [0.717, 1.165) is 62.0 Å². The standard InChI is InChI=1S/C33H37FN6O2/c1-2-39-18-8-9-25(39)22-36-33-35-15-14-31(38-33)42-30-13-12-29(27-10-4-5-11-28(27)30)37-32(41)23-19-24(34)21-26(20-23)40-16-6-3-7-17-40/h4-5,10-15,19-21,25H,2-3,6-9,16-18,22H2,1H3,(H,37,41)(H,35,36,38). The van der Waals surface area contributed by atoms with Gasteiger partial charge in [-0.15, -0.1) is 0 Å². The van der Waals surface area contributed by atoms with E-state index in [1.54, 1.807) is 24.4 Å². The number of carbonyl (C=O) groups excluding carboxylic acids is 1. The third-order valence-corrected chi connectivity index (χ3v) is 8.24. The highest BCUT2D eigenvalue weighted by molar-refractivity contribution is 6.10. The van der Waals surface area contributed by atoms with Crippen LogP contribution in [-0.4, -0.2) is 59.5 Å². The number of nitrogens with one attached hydrogen (secondary N) is 2. The molecule has 0 aliphatic carbocycles. The second kappa shape index (κ2) is 12.7. The van der Waals surface area contributed by atoms with Crippen LogP contribution in [0, 0.1) is 5.82 Å². The number of nitrogens with zero attached hydrogens (tertiary/aromatic N) is 4. The van der Waals surface area contributed by atoms with Gasteiger partial charge in [0.15, 0.2) is 0 Å². The highest BCUT2D eigenvalue weighted by Gasteiger charge is 2.23. The van der Waals surface area contributed by atoms with E-state index in [4.69, 9.17) is 4.74 Å². The molecule has 1 atom stereocenters. The molecule has 0 radical (unpaired) electrons. The van der Waals surface area contributed by atoms with Crippen LogP contribution in [0.25, 0.3) is 10.8 Å². The number of fused-ring (bicyclic) bond motifs is 1. The first kappa shape index (κ1) is 27.9. The Balaban J connectivity index is 1.19. The van der Waals surface area contributed by atoms with Gasteiger partial charge >= 0.3 is 0 Å². The lowest BCUT2D eigenvalue weighted by Crippen LogP contribution is -2.34. The van der Waals surface area contributed by atoms with Crippen molar-refractivity contribution in [3.05, 3.63) is 78.2 Å². The van der Waals surface area contributed by atoms with Gasteiger partial charge in [0.2, 0.25) is 11.8 Å². The van der Waals surface area contributed by atoms with Crippen LogP contribution in [0.5, 0.6) is 11.6 Å². The first-order chi connectivity index (χ1) is 20.6. The van der Waals surface area contributed by atoms with Crippen molar-refractivity contribution in [3.8, 4) is 11.6 Å². The van der Waals surface area contributed by atoms with Crippen molar-refractivity contribution in [2.75, 3.05) is 48.3 Å². The van der Waals surface area contributed by atoms with Crippen LogP contribution in [0.15, 0.2) is 66.9 Å². The summed E-state index contributed by atoms with van der Waals surface area (Å²) >= 11 is 0. The third-order valence-electron chi connectivity index (χ3n) is 8.24. The van der Waals surface area contributed by atoms with Crippen LogP contribution in [0.2, 0.25) is 0 Å². The van der Waals surface area contributed by atoms with Gasteiger partial charge < -0.3 is 20.3 Å². The van der Waals surface area contributed by atoms with E-state index in [1.165, 1.54) is 31.4 Å². The van der Waals surface area contributed by atoms with Gasteiger partial charge in [-0.3, -0.25) is 9.69 Å². The van der Waals surface area contributed by atoms with Gasteiger partial charge in [-0.25, -0.2) is 9.37 Å². The molecule has 3 aromatic carbocycles. The highest BCUT2D eigenvalue weighted by atomic mass is 19.1. The zero-order chi connectivity index (χ0) is 28.9. The second-order valence-corrected chi connectivity index (χ2v) is 11.0. The number of rotatable bonds is 9. The number of likely N-dealkylation sites (tertiary alicyclic amines) is 1. The number of ether oxygens (including phenoxy) is 1. The summed E-state index contributed by atoms with van der Waals surface area (Å²) in [6.07, 6.45) is 7.40. The van der Waals surface area contributed by atoms with E-state index < -0.39 is 5.82 Å². The van der Waals surface area contributed by atoms with E-state index in [1.807, 2.05) is 30.3 Å². The van der Waals surface area contributed by atoms with E-state index in [0.29, 0.717) is 34.9 Å². The summed E-state index contributed by atoms with van der Waals surface area (Å²) in [5, 5.41) is 7.99. The Kier molecular flexibility index (Phi) is 8.46. The number of hydrogen-bond donors (Lipinski definition) is 2. The van der Waals surface area contributed by atoms with Crippen LogP contribution < -0.4 is 20.3 Å². The normalized spacial score (nSPS) is 17.4. The number of anilines is 3. The fraction of sp³-hybridized carbons (Fsp3) is 0.364. The number of hydrogen-bond acceptors (Lipinski definition) is 7. The summed E-state index contributed by atoms with van der Waals surface area (Å²) in [5.74, 6) is 0.795. The van der Waals surface area contributed by atoms with Crippen LogP contribution in [-0.2, 0) is 0 Å². The lowest BCUT2D eigenvalue weighted by atomic mass is 10.1. The highest BCUT2D eigenvalue weighted by Crippen LogP contribution is 2.34. The van der Waals surface area contributed by atoms with Crippen LogP contribution >= 0.6 is 0 Å². The minimum Gasteiger partial charge on any atom is -0.438 e. The number of halogens is 1. The number of carbonyl (C=O) groups is 1. The number of aromatic nitrogens is 2. The van der Waals surface area contributed by atoms with Gasteiger partial charge in [-0.1, -0.05) is 31.2 Å². The van der Waals surface area contributed by atoms with Crippen molar-refractivity contribution in [2.24, 2.45) is 0 Å². The average molecular weight is 569 g/mol. The summed E-state index contributed by atoms with van der Waals surface area (Å²) in [4.78, 5) is 26.9. The molecule has 218 valence electrons. The minimum absolute atomic E-state index is 0.292. The molecule has 1 unspecified atom stereocenters. The molecule has 42 heavy (non-hydrogen) atoms. The molecule has 3 heterocycles. The predicted octanol–water partition coefficient (Wildman–Crippen LogP) is 6.70. The molecule has 0 spiro atoms. The van der Waals surface area contributed by atoms with Crippen molar-refractivity contribution < 1.29 is 13.9 Å². The summed E-state index contributed by atoms with van der Waals surface area (Å²) in [6.45, 7) is 6.91. The molecule has 2 saturated heterocycles. The zero-order valence-corrected chi connectivity index (χ0v) is 24.0. The van der Waals surface area contributed by atoms with E-state index in [9.17, 15) is 9.18 Å². The quantitative estimate of drug-likeness (QED) is 0.233. The van der Waals surface area contributed by atoms with Gasteiger partial charge in [-0.2, -0.15) is 4.98 Å². The van der Waals surface area contributed by atoms with Gasteiger partial charge in [0, 0.05) is 65.6 Å². The van der Waals surface area contributed by atoms with Crippen molar-refractivity contribution in [3.63, 3.8) is 0 Å². The van der Waals surface area contributed by atoms with Gasteiger partial charge in [0.1, 0.15) is 11.6 Å². The molecular formula is C33H37FN6O2. The smallest absolute Gasteiger partial charge is 0.255 e. The van der Waals surface area contributed by atoms with Crippen molar-refractivity contribution in [1.29, 1.82) is 0 Å². The maximum absolute atomic E-state index is 14.5. The minimum atomic E-state index is -0.415. The van der Waals surface area contributed by atoms with Crippen molar-refractivity contribution in [1.82, 2.24) is 14.9 Å². The summed E-state index contributed by atoms with van der Waals surface area (Å²) in [6, 6.07) is 18.1. The molecule has 9 heteroatoms. The fourth-order valence-electron chi connectivity index (χ4n) is 6.05. The molecule has 1 amide bonds. The second-order valence-electron chi connectivity index (χ2n) is 11.0. The molecule has 1 aromatic heterocycles. The van der Waals surface area contributed by atoms with Crippen LogP contribution in [0.3, 0.4) is 0 Å². The molecule has 0 bridgehead atoms. The van der Waals surface area contributed by atoms with E-state index in [-0.39, 0.29) is 5.91 Å². The number of benzene rings is 3. The predicted molar refractivity (Wildman–Crippen MR) is 165 cm³/mol. The average Bonchev–Trinajstić information content (AvgIpc) is 3.49. The molecule has 2 aliphatic rings. The molecule has 6 rings (SSSR count). The Hall–Kier alpha value is -4.24. The zero-order valence-electron chi connectivity index (χ0n) is 24.0. The summed E-state index contributed by atoms with van der Waals surface area (Å²) < 4.78 is 20.8. The molecule has 4 aromatic rings. The molecule has 2 N–H and O–H groups in total. The molecule has 0 saturated carbocycles. The van der Waals surface area contributed by atoms with E-state index >= 15 is 0 Å². The van der Waals surface area contributed by atoms with E-state index in [2.05, 4.69) is 37.3 Å². The number of amides is 1. The summed E-state index contributed by atoms with van der Waals surface area (Å²) in [7, 11) is 0. The molecule has 2 aliphatic heterocycles. The van der Waals surface area contributed by atoms with Crippen LogP contribution in [0.4, 0.5) is 21.7 Å². The topological polar surface area (TPSA) is 82.6 Å². The Morgan fingerprint density at radius 1 is 1.00 bits per heavy atom. The molecule has 2 fully saturated rings. The lowest BCUT2D eigenvalue weighted by Gasteiger charge is -2.29. The maximum Gasteiger partial charge on any atom is 0.255 e.